The second-order valence-corrected chi connectivity index (χ2v) is 5.03. The molecule has 0 bridgehead atoms. The third kappa shape index (κ3) is 2.72. The summed E-state index contributed by atoms with van der Waals surface area (Å²) in [5.41, 5.74) is 1.09. The van der Waals surface area contributed by atoms with Gasteiger partial charge in [-0.2, -0.15) is 0 Å². The monoisotopic (exact) mass is 290 g/mol. The van der Waals surface area contributed by atoms with Crippen LogP contribution in [0.1, 0.15) is 34.7 Å². The van der Waals surface area contributed by atoms with Crippen molar-refractivity contribution in [3.63, 3.8) is 0 Å². The lowest BCUT2D eigenvalue weighted by atomic mass is 10.1. The number of hydrogen-bond acceptors (Lipinski definition) is 4. The van der Waals surface area contributed by atoms with E-state index in [0.717, 1.165) is 0 Å². The Bertz CT molecular complexity index is 671. The molecule has 1 aliphatic rings. The molecule has 2 aromatic rings. The lowest BCUT2D eigenvalue weighted by molar-refractivity contribution is 0.0693. The van der Waals surface area contributed by atoms with Gasteiger partial charge < -0.3 is 9.84 Å². The van der Waals surface area contributed by atoms with Crippen LogP contribution in [0.15, 0.2) is 30.3 Å². The summed E-state index contributed by atoms with van der Waals surface area (Å²) in [6, 6.07) is 8.80. The minimum Gasteiger partial charge on any atom is -0.477 e. The van der Waals surface area contributed by atoms with E-state index in [9.17, 15) is 4.79 Å². The highest BCUT2D eigenvalue weighted by molar-refractivity contribution is 6.29. The van der Waals surface area contributed by atoms with Gasteiger partial charge in [0.25, 0.3) is 5.88 Å². The first kappa shape index (κ1) is 12.9. The van der Waals surface area contributed by atoms with E-state index < -0.39 is 5.97 Å². The fraction of sp³-hybridized carbons (Fsp3) is 0.214. The topological polar surface area (TPSA) is 72.3 Å². The standard InChI is InChI=1S/C14H11ClN2O3/c15-12-7-11(14(18)19)13(17-16-12)20-10-3-1-2-9(6-10)8-4-5-8/h1-3,6-8H,4-5H2,(H,18,19). The van der Waals surface area contributed by atoms with Gasteiger partial charge in [-0.25, -0.2) is 4.79 Å². The van der Waals surface area contributed by atoms with E-state index in [2.05, 4.69) is 10.2 Å². The Morgan fingerprint density at radius 3 is 2.80 bits per heavy atom. The van der Waals surface area contributed by atoms with Crippen molar-refractivity contribution < 1.29 is 14.6 Å². The number of rotatable bonds is 4. The molecule has 1 N–H and O–H groups in total. The van der Waals surface area contributed by atoms with E-state index >= 15 is 0 Å². The number of halogens is 1. The highest BCUT2D eigenvalue weighted by atomic mass is 35.5. The molecular formula is C14H11ClN2O3. The van der Waals surface area contributed by atoms with Gasteiger partial charge in [-0.3, -0.25) is 0 Å². The van der Waals surface area contributed by atoms with E-state index in [1.165, 1.54) is 24.5 Å². The molecule has 1 aromatic carbocycles. The Hall–Kier alpha value is -2.14. The van der Waals surface area contributed by atoms with Crippen LogP contribution in [0, 0.1) is 0 Å². The van der Waals surface area contributed by atoms with Gasteiger partial charge in [0.2, 0.25) is 0 Å². The molecule has 5 nitrogen and oxygen atoms in total. The van der Waals surface area contributed by atoms with Crippen molar-refractivity contribution in [3.05, 3.63) is 46.6 Å². The van der Waals surface area contributed by atoms with Crippen LogP contribution in [-0.2, 0) is 0 Å². The predicted octanol–water partition coefficient (Wildman–Crippen LogP) is 3.50. The van der Waals surface area contributed by atoms with Crippen LogP contribution in [0.2, 0.25) is 5.15 Å². The van der Waals surface area contributed by atoms with Crippen molar-refractivity contribution in [2.75, 3.05) is 0 Å². The van der Waals surface area contributed by atoms with Crippen LogP contribution in [0.25, 0.3) is 0 Å². The first-order valence-electron chi connectivity index (χ1n) is 6.18. The van der Waals surface area contributed by atoms with Crippen molar-refractivity contribution >= 4 is 17.6 Å². The van der Waals surface area contributed by atoms with Crippen LogP contribution < -0.4 is 4.74 Å². The van der Waals surface area contributed by atoms with Crippen LogP contribution >= 0.6 is 11.6 Å². The summed E-state index contributed by atoms with van der Waals surface area (Å²) in [5.74, 6) is -0.0766. The van der Waals surface area contributed by atoms with Gasteiger partial charge in [0.15, 0.2) is 5.15 Å². The third-order valence-corrected chi connectivity index (χ3v) is 3.27. The van der Waals surface area contributed by atoms with Crippen molar-refractivity contribution in [3.8, 4) is 11.6 Å². The molecule has 0 spiro atoms. The van der Waals surface area contributed by atoms with E-state index in [1.54, 1.807) is 6.07 Å². The minimum atomic E-state index is -1.16. The Balaban J connectivity index is 1.90. The third-order valence-electron chi connectivity index (χ3n) is 3.08. The lowest BCUT2D eigenvalue weighted by Crippen LogP contribution is -2.03. The Kier molecular flexibility index (Phi) is 3.28. The Morgan fingerprint density at radius 1 is 1.30 bits per heavy atom. The average molecular weight is 291 g/mol. The Morgan fingerprint density at radius 2 is 2.10 bits per heavy atom. The summed E-state index contributed by atoms with van der Waals surface area (Å²) in [6.45, 7) is 0. The molecule has 1 aliphatic carbocycles. The normalized spacial score (nSPS) is 14.1. The maximum absolute atomic E-state index is 11.1. The molecule has 102 valence electrons. The van der Waals surface area contributed by atoms with Gasteiger partial charge in [0, 0.05) is 0 Å². The molecule has 0 aliphatic heterocycles. The number of nitrogens with zero attached hydrogens (tertiary/aromatic N) is 2. The molecule has 6 heteroatoms. The van der Waals surface area contributed by atoms with Gasteiger partial charge in [-0.1, -0.05) is 23.7 Å². The molecular weight excluding hydrogens is 280 g/mol. The number of aromatic carboxylic acids is 1. The molecule has 1 aromatic heterocycles. The summed E-state index contributed by atoms with van der Waals surface area (Å²) >= 11 is 5.65. The number of carbonyl (C=O) groups is 1. The summed E-state index contributed by atoms with van der Waals surface area (Å²) in [7, 11) is 0. The maximum atomic E-state index is 11.1. The molecule has 1 saturated carbocycles. The second-order valence-electron chi connectivity index (χ2n) is 4.64. The van der Waals surface area contributed by atoms with Gasteiger partial charge >= 0.3 is 5.97 Å². The van der Waals surface area contributed by atoms with Crippen molar-refractivity contribution in [1.82, 2.24) is 10.2 Å². The molecule has 0 saturated heterocycles. The van der Waals surface area contributed by atoms with Crippen LogP contribution in [-0.4, -0.2) is 21.3 Å². The van der Waals surface area contributed by atoms with E-state index in [1.807, 2.05) is 18.2 Å². The largest absolute Gasteiger partial charge is 0.477 e. The summed E-state index contributed by atoms with van der Waals surface area (Å²) in [4.78, 5) is 11.1. The number of hydrogen-bond donors (Lipinski definition) is 1. The molecule has 20 heavy (non-hydrogen) atoms. The van der Waals surface area contributed by atoms with Crippen LogP contribution in [0.4, 0.5) is 0 Å². The van der Waals surface area contributed by atoms with E-state index in [-0.39, 0.29) is 16.6 Å². The fourth-order valence-electron chi connectivity index (χ4n) is 1.95. The molecule has 0 unspecified atom stereocenters. The highest BCUT2D eigenvalue weighted by Gasteiger charge is 2.24. The smallest absolute Gasteiger partial charge is 0.341 e. The van der Waals surface area contributed by atoms with Gasteiger partial charge in [-0.15, -0.1) is 10.2 Å². The van der Waals surface area contributed by atoms with Crippen molar-refractivity contribution in [1.29, 1.82) is 0 Å². The van der Waals surface area contributed by atoms with Crippen molar-refractivity contribution in [2.45, 2.75) is 18.8 Å². The number of ether oxygens (including phenoxy) is 1. The van der Waals surface area contributed by atoms with Gasteiger partial charge in [0.1, 0.15) is 11.3 Å². The highest BCUT2D eigenvalue weighted by Crippen LogP contribution is 2.41. The number of aromatic nitrogens is 2. The lowest BCUT2D eigenvalue weighted by Gasteiger charge is -2.08. The fourth-order valence-corrected chi connectivity index (χ4v) is 2.09. The SMILES string of the molecule is O=C(O)c1cc(Cl)nnc1Oc1cccc(C2CC2)c1. The van der Waals surface area contributed by atoms with Crippen LogP contribution in [0.3, 0.4) is 0 Å². The predicted molar refractivity (Wildman–Crippen MR) is 72.5 cm³/mol. The van der Waals surface area contributed by atoms with E-state index in [4.69, 9.17) is 21.4 Å². The first-order chi connectivity index (χ1) is 9.63. The number of benzene rings is 1. The summed E-state index contributed by atoms with van der Waals surface area (Å²) < 4.78 is 5.53. The molecule has 1 heterocycles. The summed E-state index contributed by atoms with van der Waals surface area (Å²) in [5, 5.41) is 16.4. The molecule has 0 amide bonds. The molecule has 0 atom stereocenters. The maximum Gasteiger partial charge on any atom is 0.341 e. The minimum absolute atomic E-state index is 0.0153. The zero-order valence-electron chi connectivity index (χ0n) is 10.4. The zero-order valence-corrected chi connectivity index (χ0v) is 11.2. The average Bonchev–Trinajstić information content (AvgIpc) is 3.25. The van der Waals surface area contributed by atoms with Gasteiger partial charge in [-0.05, 0) is 42.5 Å². The van der Waals surface area contributed by atoms with Crippen LogP contribution in [0.5, 0.6) is 11.6 Å². The number of carboxylic acids is 1. The van der Waals surface area contributed by atoms with Gasteiger partial charge in [0.05, 0.1) is 0 Å². The number of carboxylic acid groups (broad SMARTS) is 1. The Labute approximate surface area is 120 Å². The zero-order chi connectivity index (χ0) is 14.1. The first-order valence-corrected chi connectivity index (χ1v) is 6.55. The second kappa shape index (κ2) is 5.09. The molecule has 0 radical (unpaired) electrons. The quantitative estimate of drug-likeness (QED) is 0.933. The summed E-state index contributed by atoms with van der Waals surface area (Å²) in [6.07, 6.45) is 2.37. The molecule has 3 rings (SSSR count). The molecule has 1 fully saturated rings. The van der Waals surface area contributed by atoms with Crippen molar-refractivity contribution in [2.24, 2.45) is 0 Å². The van der Waals surface area contributed by atoms with E-state index in [0.29, 0.717) is 11.7 Å².